The Kier molecular flexibility index (Phi) is 15.3. The lowest BCUT2D eigenvalue weighted by molar-refractivity contribution is -0.151. The molecule has 2 heterocycles. The van der Waals surface area contributed by atoms with E-state index in [0.29, 0.717) is 23.6 Å². The average Bonchev–Trinajstić information content (AvgIpc) is 3.41. The predicted octanol–water partition coefficient (Wildman–Crippen LogP) is 4.17. The summed E-state index contributed by atoms with van der Waals surface area (Å²) in [5.41, 5.74) is 0.101. The van der Waals surface area contributed by atoms with Crippen LogP contribution in [0.5, 0.6) is 0 Å². The highest BCUT2D eigenvalue weighted by Crippen LogP contribution is 2.15. The molecule has 2 bridgehead atoms. The normalized spacial score (nSPS) is 20.2. The van der Waals surface area contributed by atoms with Gasteiger partial charge in [-0.15, -0.1) is 11.3 Å². The van der Waals surface area contributed by atoms with Crippen LogP contribution in [0.2, 0.25) is 0 Å². The number of rotatable bonds is 11. The fraction of sp³-hybridized carbons (Fsp3) is 0.571. The average molecular weight is 593 g/mol. The highest BCUT2D eigenvalue weighted by atomic mass is 32.2. The Hall–Kier alpha value is -2.99. The molecule has 3 N–H and O–H groups in total. The van der Waals surface area contributed by atoms with Crippen LogP contribution < -0.4 is 16.0 Å². The molecule has 0 fully saturated rings. The van der Waals surface area contributed by atoms with Crippen LogP contribution in [-0.4, -0.2) is 51.7 Å². The SMILES string of the molecule is C/C=C1\NC(=O)c2csc(n2)CNC(=O)C[C@@H](/C=C/CCSC(=O)CCCCCCC)OC(=O)[C@H](CC)NC1=O. The van der Waals surface area contributed by atoms with Gasteiger partial charge >= 0.3 is 5.97 Å². The van der Waals surface area contributed by atoms with E-state index in [4.69, 9.17) is 4.74 Å². The van der Waals surface area contributed by atoms with Crippen LogP contribution in [0.25, 0.3) is 0 Å². The zero-order chi connectivity index (χ0) is 29.3. The molecule has 0 aromatic carbocycles. The number of esters is 1. The third-order valence-corrected chi connectivity index (χ3v) is 7.85. The van der Waals surface area contributed by atoms with Crippen LogP contribution in [0.15, 0.2) is 29.3 Å². The fourth-order valence-electron chi connectivity index (χ4n) is 3.75. The number of unbranched alkanes of at least 4 members (excludes halogenated alkanes) is 4. The van der Waals surface area contributed by atoms with E-state index in [9.17, 15) is 24.0 Å². The zero-order valence-corrected chi connectivity index (χ0v) is 25.1. The molecule has 0 saturated carbocycles. The van der Waals surface area contributed by atoms with Gasteiger partial charge in [-0.3, -0.25) is 19.2 Å². The highest BCUT2D eigenvalue weighted by Gasteiger charge is 2.26. The van der Waals surface area contributed by atoms with Crippen LogP contribution in [0.3, 0.4) is 0 Å². The summed E-state index contributed by atoms with van der Waals surface area (Å²) in [7, 11) is 0. The monoisotopic (exact) mass is 592 g/mol. The van der Waals surface area contributed by atoms with E-state index in [-0.39, 0.29) is 41.8 Å². The molecule has 2 rings (SSSR count). The number of thioether (sulfide) groups is 1. The molecule has 0 saturated heterocycles. The first kappa shape index (κ1) is 33.2. The molecular formula is C28H40N4O6S2. The van der Waals surface area contributed by atoms with Crippen LogP contribution in [0, 0.1) is 0 Å². The molecule has 1 aromatic heterocycles. The molecule has 2 atom stereocenters. The molecule has 1 aliphatic heterocycles. The first-order valence-corrected chi connectivity index (χ1v) is 15.7. The van der Waals surface area contributed by atoms with Crippen molar-refractivity contribution in [2.24, 2.45) is 0 Å². The first-order valence-electron chi connectivity index (χ1n) is 13.8. The van der Waals surface area contributed by atoms with E-state index in [1.54, 1.807) is 31.4 Å². The van der Waals surface area contributed by atoms with Gasteiger partial charge in [0.1, 0.15) is 28.5 Å². The largest absolute Gasteiger partial charge is 0.456 e. The number of amides is 3. The summed E-state index contributed by atoms with van der Waals surface area (Å²) in [4.78, 5) is 67.2. The third-order valence-electron chi connectivity index (χ3n) is 6.04. The maximum absolute atomic E-state index is 12.9. The maximum Gasteiger partial charge on any atom is 0.329 e. The standard InChI is InChI=1S/C28H40N4O6S2/c1-4-7-8-9-10-14-25(34)39-15-12-11-13-19-16-23(33)29-17-24-30-22(18-40-24)27(36)31-20(5-2)26(35)32-21(6-3)28(37)38-19/h5,11,13,18-19,21H,4,6-10,12,14-17H2,1-3H3,(H,29,33)(H,31,36)(H,32,35)/b13-11+,20-5-/t19-,21+/m1/s1. The Balaban J connectivity index is 2.05. The Morgan fingerprint density at radius 2 is 1.93 bits per heavy atom. The van der Waals surface area contributed by atoms with Gasteiger partial charge in [-0.25, -0.2) is 9.78 Å². The Morgan fingerprint density at radius 1 is 1.15 bits per heavy atom. The van der Waals surface area contributed by atoms with E-state index < -0.39 is 29.9 Å². The number of nitrogens with one attached hydrogen (secondary N) is 3. The van der Waals surface area contributed by atoms with Crippen LogP contribution in [-0.2, 0) is 30.5 Å². The van der Waals surface area contributed by atoms with Gasteiger partial charge in [-0.1, -0.05) is 63.4 Å². The minimum Gasteiger partial charge on any atom is -0.456 e. The topological polar surface area (TPSA) is 144 Å². The van der Waals surface area contributed by atoms with Crippen molar-refractivity contribution in [2.45, 2.75) is 97.2 Å². The number of carbonyl (C=O) groups is 5. The molecule has 1 aromatic rings. The second-order valence-corrected chi connectivity index (χ2v) is 11.4. The van der Waals surface area contributed by atoms with Gasteiger partial charge in [-0.2, -0.15) is 0 Å². The zero-order valence-electron chi connectivity index (χ0n) is 23.5. The lowest BCUT2D eigenvalue weighted by atomic mass is 10.1. The Morgan fingerprint density at radius 3 is 2.65 bits per heavy atom. The van der Waals surface area contributed by atoms with Crippen molar-refractivity contribution in [1.82, 2.24) is 20.9 Å². The number of thiazole rings is 1. The van der Waals surface area contributed by atoms with E-state index in [1.807, 2.05) is 0 Å². The molecule has 12 heteroatoms. The molecule has 3 amide bonds. The molecule has 40 heavy (non-hydrogen) atoms. The lowest BCUT2D eigenvalue weighted by Crippen LogP contribution is -2.45. The van der Waals surface area contributed by atoms with Gasteiger partial charge in [0.05, 0.1) is 13.0 Å². The maximum atomic E-state index is 12.9. The van der Waals surface area contributed by atoms with Crippen molar-refractivity contribution in [2.75, 3.05) is 5.75 Å². The second-order valence-electron chi connectivity index (χ2n) is 9.27. The molecular weight excluding hydrogens is 552 g/mol. The van der Waals surface area contributed by atoms with Crippen molar-refractivity contribution < 1.29 is 28.7 Å². The van der Waals surface area contributed by atoms with Gasteiger partial charge in [0, 0.05) is 17.6 Å². The van der Waals surface area contributed by atoms with Gasteiger partial charge in [-0.05, 0) is 32.3 Å². The van der Waals surface area contributed by atoms with Crippen molar-refractivity contribution in [1.29, 1.82) is 0 Å². The lowest BCUT2D eigenvalue weighted by Gasteiger charge is -2.21. The first-order chi connectivity index (χ1) is 19.3. The van der Waals surface area contributed by atoms with Gasteiger partial charge < -0.3 is 20.7 Å². The summed E-state index contributed by atoms with van der Waals surface area (Å²) < 4.78 is 5.61. The molecule has 220 valence electrons. The summed E-state index contributed by atoms with van der Waals surface area (Å²) in [6.07, 6.45) is 10.8. The second kappa shape index (κ2) is 18.4. The van der Waals surface area contributed by atoms with E-state index in [0.717, 1.165) is 19.3 Å². The van der Waals surface area contributed by atoms with E-state index in [1.165, 1.54) is 42.0 Å². The highest BCUT2D eigenvalue weighted by molar-refractivity contribution is 8.13. The number of fused-ring (bicyclic) bond motifs is 2. The summed E-state index contributed by atoms with van der Waals surface area (Å²) in [6, 6.07) is -0.984. The number of ether oxygens (including phenoxy) is 1. The van der Waals surface area contributed by atoms with E-state index in [2.05, 4.69) is 27.9 Å². The van der Waals surface area contributed by atoms with Crippen LogP contribution in [0.4, 0.5) is 0 Å². The summed E-state index contributed by atoms with van der Waals surface area (Å²) in [5, 5.41) is 10.1. The van der Waals surface area contributed by atoms with Crippen molar-refractivity contribution in [3.63, 3.8) is 0 Å². The number of hydrogen-bond acceptors (Lipinski definition) is 9. The quantitative estimate of drug-likeness (QED) is 0.150. The van der Waals surface area contributed by atoms with Gasteiger partial charge in [0.25, 0.3) is 11.8 Å². The summed E-state index contributed by atoms with van der Waals surface area (Å²) in [6.45, 7) is 5.57. The van der Waals surface area contributed by atoms with Gasteiger partial charge in [0.2, 0.25) is 5.91 Å². The summed E-state index contributed by atoms with van der Waals surface area (Å²) >= 11 is 2.49. The van der Waals surface area contributed by atoms with Crippen molar-refractivity contribution in [3.8, 4) is 0 Å². The molecule has 10 nitrogen and oxygen atoms in total. The number of cyclic esters (lactones) is 1. The minimum absolute atomic E-state index is 0.0179. The number of carbonyl (C=O) groups excluding carboxylic acids is 5. The molecule has 0 aliphatic carbocycles. The third kappa shape index (κ3) is 12.0. The molecule has 1 aliphatic rings. The van der Waals surface area contributed by atoms with Crippen molar-refractivity contribution >= 4 is 51.9 Å². The van der Waals surface area contributed by atoms with Crippen LogP contribution >= 0.6 is 23.1 Å². The minimum atomic E-state index is -0.984. The fourth-order valence-corrected chi connectivity index (χ4v) is 5.23. The molecule has 0 radical (unpaired) electrons. The van der Waals surface area contributed by atoms with Crippen molar-refractivity contribution in [3.05, 3.63) is 40.0 Å². The predicted molar refractivity (Wildman–Crippen MR) is 157 cm³/mol. The number of nitrogens with zero attached hydrogens (tertiary/aromatic N) is 1. The van der Waals surface area contributed by atoms with E-state index >= 15 is 0 Å². The van der Waals surface area contributed by atoms with Crippen LogP contribution in [0.1, 0.15) is 94.1 Å². The summed E-state index contributed by atoms with van der Waals surface area (Å²) in [5.74, 6) is -1.68. The molecule has 0 unspecified atom stereocenters. The number of aromatic nitrogens is 1. The number of allylic oxidation sites excluding steroid dienone is 2. The smallest absolute Gasteiger partial charge is 0.329 e. The van der Waals surface area contributed by atoms with Gasteiger partial charge in [0.15, 0.2) is 5.12 Å². The number of hydrogen-bond donors (Lipinski definition) is 3. The molecule has 0 spiro atoms. The Bertz CT molecular complexity index is 1080. The Labute approximate surface area is 244 Å².